The molecule has 2 aromatic rings. The van der Waals surface area contributed by atoms with E-state index in [1.54, 1.807) is 23.0 Å². The molecular weight excluding hydrogens is 184 g/mol. The van der Waals surface area contributed by atoms with Crippen molar-refractivity contribution in [1.82, 2.24) is 19.6 Å². The summed E-state index contributed by atoms with van der Waals surface area (Å²) in [5, 5.41) is 7.70. The van der Waals surface area contributed by atoms with Gasteiger partial charge in [-0.05, 0) is 0 Å². The number of esters is 1. The number of nitrogens with zero attached hydrogens (tertiary/aromatic N) is 4. The predicted molar refractivity (Wildman–Crippen MR) is 46.5 cm³/mol. The zero-order valence-electron chi connectivity index (χ0n) is 7.54. The van der Waals surface area contributed by atoms with Crippen LogP contribution in [0.3, 0.4) is 0 Å². The normalized spacial score (nSPS) is 10.4. The van der Waals surface area contributed by atoms with E-state index in [2.05, 4.69) is 19.9 Å². The molecule has 0 aliphatic heterocycles. The van der Waals surface area contributed by atoms with Crippen molar-refractivity contribution in [2.45, 2.75) is 6.42 Å². The summed E-state index contributed by atoms with van der Waals surface area (Å²) in [4.78, 5) is 14.9. The molecule has 0 saturated heterocycles. The van der Waals surface area contributed by atoms with Crippen LogP contribution >= 0.6 is 0 Å². The highest BCUT2D eigenvalue weighted by Crippen LogP contribution is 2.02. The molecule has 6 heteroatoms. The van der Waals surface area contributed by atoms with E-state index in [1.807, 2.05) is 0 Å². The first kappa shape index (κ1) is 8.61. The highest BCUT2D eigenvalue weighted by atomic mass is 16.5. The van der Waals surface area contributed by atoms with Crippen molar-refractivity contribution >= 4 is 11.6 Å². The maximum absolute atomic E-state index is 11.0. The lowest BCUT2D eigenvalue weighted by Crippen LogP contribution is -2.07. The minimum absolute atomic E-state index is 0.113. The molecule has 2 rings (SSSR count). The lowest BCUT2D eigenvalue weighted by Gasteiger charge is -1.97. The lowest BCUT2D eigenvalue weighted by atomic mass is 10.4. The Kier molecular flexibility index (Phi) is 2.10. The maximum atomic E-state index is 11.0. The van der Waals surface area contributed by atoms with Crippen molar-refractivity contribution in [3.05, 3.63) is 24.4 Å². The molecule has 0 aromatic carbocycles. The second-order valence-corrected chi connectivity index (χ2v) is 2.67. The first-order valence-electron chi connectivity index (χ1n) is 4.01. The summed E-state index contributed by atoms with van der Waals surface area (Å²) >= 11 is 0. The molecular formula is C8H8N4O2. The summed E-state index contributed by atoms with van der Waals surface area (Å²) in [6, 6.07) is 0. The monoisotopic (exact) mass is 192 g/mol. The smallest absolute Gasteiger partial charge is 0.313 e. The fourth-order valence-electron chi connectivity index (χ4n) is 1.12. The van der Waals surface area contributed by atoms with Crippen LogP contribution in [-0.4, -0.2) is 32.7 Å². The Morgan fingerprint density at radius 1 is 1.57 bits per heavy atom. The Hall–Kier alpha value is -1.98. The Bertz CT molecular complexity index is 465. The summed E-state index contributed by atoms with van der Waals surface area (Å²) in [6.07, 6.45) is 5.00. The van der Waals surface area contributed by atoms with E-state index in [4.69, 9.17) is 0 Å². The molecule has 0 spiro atoms. The molecule has 72 valence electrons. The first-order valence-corrected chi connectivity index (χ1v) is 4.01. The number of fused-ring (bicyclic) bond motifs is 1. The van der Waals surface area contributed by atoms with Gasteiger partial charge in [0.15, 0.2) is 5.65 Å². The Labute approximate surface area is 79.5 Å². The van der Waals surface area contributed by atoms with Crippen LogP contribution in [-0.2, 0) is 16.0 Å². The van der Waals surface area contributed by atoms with Crippen LogP contribution in [0.25, 0.3) is 5.65 Å². The maximum Gasteiger partial charge on any atom is 0.313 e. The third kappa shape index (κ3) is 1.41. The molecule has 0 aliphatic rings. The third-order valence-corrected chi connectivity index (χ3v) is 1.81. The van der Waals surface area contributed by atoms with Gasteiger partial charge in [0.05, 0.1) is 13.3 Å². The molecule has 0 aliphatic carbocycles. The molecule has 0 unspecified atom stereocenters. The van der Waals surface area contributed by atoms with Crippen molar-refractivity contribution in [1.29, 1.82) is 0 Å². The Morgan fingerprint density at radius 3 is 3.21 bits per heavy atom. The third-order valence-electron chi connectivity index (χ3n) is 1.81. The van der Waals surface area contributed by atoms with Gasteiger partial charge in [0.2, 0.25) is 0 Å². The van der Waals surface area contributed by atoms with Crippen LogP contribution in [0.15, 0.2) is 18.6 Å². The number of hydrogen-bond acceptors (Lipinski definition) is 5. The minimum atomic E-state index is -0.337. The van der Waals surface area contributed by atoms with Gasteiger partial charge in [-0.2, -0.15) is 0 Å². The van der Waals surface area contributed by atoms with Gasteiger partial charge in [0.25, 0.3) is 0 Å². The highest BCUT2D eigenvalue weighted by Gasteiger charge is 2.09. The molecule has 0 saturated carbocycles. The van der Waals surface area contributed by atoms with Crippen LogP contribution in [0, 0.1) is 0 Å². The molecule has 14 heavy (non-hydrogen) atoms. The zero-order chi connectivity index (χ0) is 9.97. The van der Waals surface area contributed by atoms with E-state index in [9.17, 15) is 4.79 Å². The van der Waals surface area contributed by atoms with Gasteiger partial charge in [-0.25, -0.2) is 0 Å². The number of hydrogen-bond donors (Lipinski definition) is 0. The van der Waals surface area contributed by atoms with Crippen molar-refractivity contribution in [2.24, 2.45) is 0 Å². The molecule has 0 atom stereocenters. The summed E-state index contributed by atoms with van der Waals surface area (Å²) < 4.78 is 6.24. The van der Waals surface area contributed by atoms with Crippen molar-refractivity contribution in [3.8, 4) is 0 Å². The van der Waals surface area contributed by atoms with Gasteiger partial charge in [0, 0.05) is 12.4 Å². The van der Waals surface area contributed by atoms with Gasteiger partial charge >= 0.3 is 5.97 Å². The highest BCUT2D eigenvalue weighted by molar-refractivity contribution is 5.71. The van der Waals surface area contributed by atoms with E-state index >= 15 is 0 Å². The van der Waals surface area contributed by atoms with Gasteiger partial charge in [-0.15, -0.1) is 10.2 Å². The minimum Gasteiger partial charge on any atom is -0.469 e. The summed E-state index contributed by atoms with van der Waals surface area (Å²) in [5.41, 5.74) is 0.617. The van der Waals surface area contributed by atoms with E-state index in [1.165, 1.54) is 7.11 Å². The van der Waals surface area contributed by atoms with Crippen molar-refractivity contribution in [2.75, 3.05) is 7.11 Å². The van der Waals surface area contributed by atoms with Gasteiger partial charge < -0.3 is 4.74 Å². The van der Waals surface area contributed by atoms with Gasteiger partial charge in [-0.3, -0.25) is 14.2 Å². The topological polar surface area (TPSA) is 69.4 Å². The van der Waals surface area contributed by atoms with Crippen molar-refractivity contribution < 1.29 is 9.53 Å². The van der Waals surface area contributed by atoms with Gasteiger partial charge in [0.1, 0.15) is 12.2 Å². The van der Waals surface area contributed by atoms with Crippen LogP contribution in [0.5, 0.6) is 0 Å². The SMILES string of the molecule is COC(=O)Cc1nnc2cnccn12. The van der Waals surface area contributed by atoms with Crippen LogP contribution in [0.1, 0.15) is 5.82 Å². The predicted octanol–water partition coefficient (Wildman–Crippen LogP) is -0.160. The molecule has 2 heterocycles. The molecule has 0 bridgehead atoms. The largest absolute Gasteiger partial charge is 0.469 e. The number of carbonyl (C=O) groups excluding carboxylic acids is 1. The Morgan fingerprint density at radius 2 is 2.43 bits per heavy atom. The standard InChI is InChI=1S/C8H8N4O2/c1-14-8(13)4-6-10-11-7-5-9-2-3-12(6)7/h2-3,5H,4H2,1H3. The first-order chi connectivity index (χ1) is 6.81. The van der Waals surface area contributed by atoms with Crippen LogP contribution in [0.4, 0.5) is 0 Å². The van der Waals surface area contributed by atoms with Crippen LogP contribution in [0.2, 0.25) is 0 Å². The van der Waals surface area contributed by atoms with E-state index < -0.39 is 0 Å². The quantitative estimate of drug-likeness (QED) is 0.618. The molecule has 0 N–H and O–H groups in total. The fourth-order valence-corrected chi connectivity index (χ4v) is 1.12. The average Bonchev–Trinajstić information content (AvgIpc) is 2.62. The second-order valence-electron chi connectivity index (χ2n) is 2.67. The number of carbonyl (C=O) groups is 1. The molecule has 0 amide bonds. The number of ether oxygens (including phenoxy) is 1. The van der Waals surface area contributed by atoms with E-state index in [0.717, 1.165) is 0 Å². The fraction of sp³-hybridized carbons (Fsp3) is 0.250. The van der Waals surface area contributed by atoms with E-state index in [-0.39, 0.29) is 12.4 Å². The van der Waals surface area contributed by atoms with Crippen LogP contribution < -0.4 is 0 Å². The molecule has 6 nitrogen and oxygen atoms in total. The van der Waals surface area contributed by atoms with Crippen molar-refractivity contribution in [3.63, 3.8) is 0 Å². The summed E-state index contributed by atoms with van der Waals surface area (Å²) in [6.45, 7) is 0. The number of aromatic nitrogens is 4. The van der Waals surface area contributed by atoms with E-state index in [0.29, 0.717) is 11.5 Å². The summed E-state index contributed by atoms with van der Waals surface area (Å²) in [7, 11) is 1.34. The molecule has 0 radical (unpaired) electrons. The number of methoxy groups -OCH3 is 1. The lowest BCUT2D eigenvalue weighted by molar-refractivity contribution is -0.139. The van der Waals surface area contributed by atoms with Gasteiger partial charge in [-0.1, -0.05) is 0 Å². The number of rotatable bonds is 2. The summed E-state index contributed by atoms with van der Waals surface area (Å²) in [5.74, 6) is 0.213. The molecule has 2 aromatic heterocycles. The second kappa shape index (κ2) is 3.41. The zero-order valence-corrected chi connectivity index (χ0v) is 7.54. The Balaban J connectivity index is 2.38. The molecule has 0 fully saturated rings. The average molecular weight is 192 g/mol.